The third-order valence-corrected chi connectivity index (χ3v) is 17.3. The summed E-state index contributed by atoms with van der Waals surface area (Å²) in [6.45, 7) is 26.2. The fourth-order valence-corrected chi connectivity index (χ4v) is 15.6. The summed E-state index contributed by atoms with van der Waals surface area (Å²) in [6.07, 6.45) is 5.12. The lowest BCUT2D eigenvalue weighted by Gasteiger charge is -2.64. The molecule has 1 heterocycles. The minimum absolute atomic E-state index is 0.0285. The van der Waals surface area contributed by atoms with Gasteiger partial charge in [-0.2, -0.15) is 0 Å². The molecule has 0 unspecified atom stereocenters. The van der Waals surface area contributed by atoms with E-state index < -0.39 is 14.1 Å². The van der Waals surface area contributed by atoms with Crippen LogP contribution >= 0.6 is 0 Å². The number of ether oxygens (including phenoxy) is 2. The Balaban J connectivity index is 1.80. The fourth-order valence-electron chi connectivity index (χ4n) is 10.0. The van der Waals surface area contributed by atoms with Crippen LogP contribution in [0.1, 0.15) is 108 Å². The number of fused-ring (bicyclic) bond motifs is 5. The van der Waals surface area contributed by atoms with E-state index in [1.165, 1.54) is 0 Å². The highest BCUT2D eigenvalue weighted by Crippen LogP contribution is 2.67. The molecule has 4 rings (SSSR count). The molecule has 1 saturated heterocycles. The molecule has 0 radical (unpaired) electrons. The molecular weight excluding hydrogens is 452 g/mol. The van der Waals surface area contributed by atoms with Crippen LogP contribution in [-0.4, -0.2) is 38.7 Å². The van der Waals surface area contributed by atoms with E-state index in [1.807, 2.05) is 0 Å². The van der Waals surface area contributed by atoms with Crippen LogP contribution in [0.5, 0.6) is 0 Å². The summed E-state index contributed by atoms with van der Waals surface area (Å²) in [6, 6.07) is 0. The smallest absolute Gasteiger partial charge is 0.200 e. The van der Waals surface area contributed by atoms with E-state index in [-0.39, 0.29) is 29.0 Å². The van der Waals surface area contributed by atoms with E-state index in [0.29, 0.717) is 46.6 Å². The third-order valence-electron chi connectivity index (χ3n) is 11.2. The molecule has 3 aliphatic carbocycles. The van der Waals surface area contributed by atoms with Crippen LogP contribution in [0, 0.1) is 34.5 Å². The highest BCUT2D eigenvalue weighted by Gasteiger charge is 2.69. The van der Waals surface area contributed by atoms with Crippen molar-refractivity contribution >= 4 is 14.1 Å². The molecule has 0 spiro atoms. The first kappa shape index (κ1) is 27.8. The van der Waals surface area contributed by atoms with Gasteiger partial charge < -0.3 is 13.9 Å². The molecule has 0 amide bonds. The second-order valence-corrected chi connectivity index (χ2v) is 20.0. The number of hydrogen-bond acceptors (Lipinski definition) is 4. The highest BCUT2D eigenvalue weighted by molar-refractivity contribution is 6.77. The van der Waals surface area contributed by atoms with Gasteiger partial charge >= 0.3 is 0 Å². The maximum atomic E-state index is 13.9. The minimum atomic E-state index is -2.03. The first-order valence-corrected chi connectivity index (χ1v) is 16.8. The van der Waals surface area contributed by atoms with Gasteiger partial charge in [0.2, 0.25) is 0 Å². The molecule has 4 nitrogen and oxygen atoms in total. The van der Waals surface area contributed by atoms with E-state index in [2.05, 4.69) is 76.2 Å². The molecule has 0 bridgehead atoms. The van der Waals surface area contributed by atoms with Gasteiger partial charge in [0.25, 0.3) is 0 Å². The lowest BCUT2D eigenvalue weighted by atomic mass is 9.41. The molecule has 0 aromatic carbocycles. The van der Waals surface area contributed by atoms with Gasteiger partial charge in [-0.3, -0.25) is 4.79 Å². The predicted octanol–water partition coefficient (Wildman–Crippen LogP) is 7.76. The lowest BCUT2D eigenvalue weighted by molar-refractivity contribution is -0.206. The summed E-state index contributed by atoms with van der Waals surface area (Å²) in [5, 5.41) is 0. The molecule has 0 aromatic rings. The Morgan fingerprint density at radius 2 is 1.49 bits per heavy atom. The van der Waals surface area contributed by atoms with E-state index >= 15 is 0 Å². The van der Waals surface area contributed by atoms with Crippen LogP contribution in [0.3, 0.4) is 0 Å². The summed E-state index contributed by atoms with van der Waals surface area (Å²) in [4.78, 5) is 13.9. The van der Waals surface area contributed by atoms with E-state index in [9.17, 15) is 4.79 Å². The maximum Gasteiger partial charge on any atom is 0.200 e. The zero-order chi connectivity index (χ0) is 26.1. The van der Waals surface area contributed by atoms with Crippen molar-refractivity contribution in [3.05, 3.63) is 0 Å². The van der Waals surface area contributed by atoms with Crippen molar-refractivity contribution in [3.63, 3.8) is 0 Å². The Morgan fingerprint density at radius 3 is 2.06 bits per heavy atom. The van der Waals surface area contributed by atoms with Crippen LogP contribution < -0.4 is 0 Å². The van der Waals surface area contributed by atoms with Crippen molar-refractivity contribution in [2.75, 3.05) is 6.61 Å². The average molecular weight is 507 g/mol. The summed E-state index contributed by atoms with van der Waals surface area (Å²) in [5.41, 5.74) is 1.28. The topological polar surface area (TPSA) is 44.8 Å². The summed E-state index contributed by atoms with van der Waals surface area (Å²) in [7, 11) is -2.03. The maximum absolute atomic E-state index is 13.9. The highest BCUT2D eigenvalue weighted by atomic mass is 28.4. The van der Waals surface area contributed by atoms with Crippen molar-refractivity contribution in [1.82, 2.24) is 0 Å². The largest absolute Gasteiger partial charge is 0.415 e. The first-order chi connectivity index (χ1) is 16.1. The zero-order valence-electron chi connectivity index (χ0n) is 24.6. The lowest BCUT2D eigenvalue weighted by Crippen LogP contribution is -2.67. The number of carbonyl (C=O) groups is 1. The molecule has 4 fully saturated rings. The van der Waals surface area contributed by atoms with E-state index in [4.69, 9.17) is 13.9 Å². The Morgan fingerprint density at radius 1 is 0.914 bits per heavy atom. The standard InChI is InChI=1S/C30H54O4Si/c1-18(2)35(19(3)4,20(5)6)32-17-30-15-14-23-21(7)12-13-24(31)29(23,11)27(30)26-25(22(8)16-30)33-28(9,10)34-26/h18-23,25-27H,12-17H2,1-11H3/t21-,22-,23+,25-,26-,27-,29-,30+/m1/s1. The van der Waals surface area contributed by atoms with E-state index in [1.54, 1.807) is 0 Å². The van der Waals surface area contributed by atoms with Gasteiger partial charge in [0, 0.05) is 24.4 Å². The Hall–Kier alpha value is -0.233. The monoisotopic (exact) mass is 506 g/mol. The average Bonchev–Trinajstić information content (AvgIpc) is 3.06. The van der Waals surface area contributed by atoms with Gasteiger partial charge in [0.05, 0.1) is 12.2 Å². The van der Waals surface area contributed by atoms with Crippen LogP contribution in [0.4, 0.5) is 0 Å². The van der Waals surface area contributed by atoms with E-state index in [0.717, 1.165) is 32.3 Å². The fraction of sp³-hybridized carbons (Fsp3) is 0.967. The second kappa shape index (κ2) is 9.20. The van der Waals surface area contributed by atoms with Crippen molar-refractivity contribution in [2.24, 2.45) is 34.5 Å². The second-order valence-electron chi connectivity index (χ2n) is 14.6. The number of Topliss-reactive ketones (excluding diaryl/α,β-unsaturated/α-hetero) is 1. The number of hydrogen-bond donors (Lipinski definition) is 0. The van der Waals surface area contributed by atoms with Gasteiger partial charge in [-0.1, -0.05) is 62.3 Å². The molecule has 4 aliphatic rings. The minimum Gasteiger partial charge on any atom is -0.415 e. The number of carbonyl (C=O) groups excluding carboxylic acids is 1. The summed E-state index contributed by atoms with van der Waals surface area (Å²) >= 11 is 0. The quantitative estimate of drug-likeness (QED) is 0.345. The van der Waals surface area contributed by atoms with Crippen LogP contribution in [0.15, 0.2) is 0 Å². The van der Waals surface area contributed by atoms with Crippen molar-refractivity contribution in [2.45, 2.75) is 143 Å². The number of ketones is 1. The normalized spacial score (nSPS) is 43.4. The molecule has 35 heavy (non-hydrogen) atoms. The van der Waals surface area contributed by atoms with Crippen molar-refractivity contribution in [3.8, 4) is 0 Å². The molecule has 202 valence electrons. The Bertz CT molecular complexity index is 784. The molecule has 1 aliphatic heterocycles. The van der Waals surface area contributed by atoms with Gasteiger partial charge in [0.1, 0.15) is 5.78 Å². The SMILES string of the molecule is CC(C)[Si](OC[C@@]12CC[C@H]3[C@H](C)CCC(=O)[C@]3(C)[C@H]1[C@@H]1OC(C)(C)O[C@@H]1[C@H](C)C2)(C(C)C)C(C)C. The molecule has 5 heteroatoms. The Kier molecular flexibility index (Phi) is 7.31. The van der Waals surface area contributed by atoms with Crippen LogP contribution in [-0.2, 0) is 18.7 Å². The van der Waals surface area contributed by atoms with Crippen molar-refractivity contribution < 1.29 is 18.7 Å². The molecular formula is C30H54O4Si. The van der Waals surface area contributed by atoms with Gasteiger partial charge in [-0.15, -0.1) is 0 Å². The third kappa shape index (κ3) is 4.14. The zero-order valence-corrected chi connectivity index (χ0v) is 25.6. The summed E-state index contributed by atoms with van der Waals surface area (Å²) in [5.74, 6) is 1.44. The van der Waals surface area contributed by atoms with Gasteiger partial charge in [-0.25, -0.2) is 0 Å². The molecule has 8 atom stereocenters. The van der Waals surface area contributed by atoms with Crippen LogP contribution in [0.25, 0.3) is 0 Å². The molecule has 0 N–H and O–H groups in total. The van der Waals surface area contributed by atoms with Crippen LogP contribution in [0.2, 0.25) is 16.6 Å². The predicted molar refractivity (Wildman–Crippen MR) is 145 cm³/mol. The molecule has 3 saturated carbocycles. The summed E-state index contributed by atoms with van der Waals surface area (Å²) < 4.78 is 20.7. The van der Waals surface area contributed by atoms with Gasteiger partial charge in [-0.05, 0) is 79.3 Å². The van der Waals surface area contributed by atoms with Gasteiger partial charge in [0.15, 0.2) is 14.1 Å². The number of rotatable bonds is 6. The van der Waals surface area contributed by atoms with Crippen molar-refractivity contribution in [1.29, 1.82) is 0 Å². The Labute approximate surface area is 216 Å². The first-order valence-electron chi connectivity index (χ1n) is 14.6. The molecule has 0 aromatic heterocycles.